The fourth-order valence-corrected chi connectivity index (χ4v) is 2.31. The molecule has 0 aliphatic rings. The summed E-state index contributed by atoms with van der Waals surface area (Å²) in [6, 6.07) is 3.51. The lowest BCUT2D eigenvalue weighted by Gasteiger charge is -2.05. The minimum Gasteiger partial charge on any atom is -0.506 e. The van der Waals surface area contributed by atoms with E-state index >= 15 is 0 Å². The first kappa shape index (κ1) is 12.3. The minimum absolute atomic E-state index is 0.148. The second-order valence-corrected chi connectivity index (χ2v) is 4.53. The molecule has 6 heteroatoms. The van der Waals surface area contributed by atoms with Crippen LogP contribution in [0.4, 0.5) is 4.79 Å². The van der Waals surface area contributed by atoms with Gasteiger partial charge in [0, 0.05) is 6.42 Å². The molecule has 0 aliphatic carbocycles. The number of hydrogen-bond donors (Lipinski definition) is 2. The molecule has 0 bridgehead atoms. The van der Waals surface area contributed by atoms with Gasteiger partial charge in [-0.25, -0.2) is 4.79 Å². The second-order valence-electron chi connectivity index (χ2n) is 2.83. The van der Waals surface area contributed by atoms with Gasteiger partial charge in [0.15, 0.2) is 0 Å². The van der Waals surface area contributed by atoms with Gasteiger partial charge in [-0.1, -0.05) is 0 Å². The summed E-state index contributed by atoms with van der Waals surface area (Å²) >= 11 is 6.41. The van der Waals surface area contributed by atoms with Crippen LogP contribution < -0.4 is 5.73 Å². The van der Waals surface area contributed by atoms with Crippen LogP contribution in [0.2, 0.25) is 0 Å². The van der Waals surface area contributed by atoms with Gasteiger partial charge in [0.1, 0.15) is 5.75 Å². The third-order valence-corrected chi connectivity index (χ3v) is 2.92. The van der Waals surface area contributed by atoms with Gasteiger partial charge >= 0.3 is 6.09 Å². The van der Waals surface area contributed by atoms with E-state index in [4.69, 9.17) is 5.73 Å². The summed E-state index contributed by atoms with van der Waals surface area (Å²) in [7, 11) is 0. The van der Waals surface area contributed by atoms with Crippen molar-refractivity contribution in [2.45, 2.75) is 6.42 Å². The molecule has 4 nitrogen and oxygen atoms in total. The lowest BCUT2D eigenvalue weighted by atomic mass is 10.1. The van der Waals surface area contributed by atoms with Crippen molar-refractivity contribution in [3.63, 3.8) is 0 Å². The maximum atomic E-state index is 10.3. The lowest BCUT2D eigenvalue weighted by molar-refractivity contribution is 0.158. The number of ether oxygens (including phenoxy) is 1. The first-order valence-corrected chi connectivity index (χ1v) is 5.68. The van der Waals surface area contributed by atoms with Crippen molar-refractivity contribution in [3.8, 4) is 5.75 Å². The maximum Gasteiger partial charge on any atom is 0.404 e. The van der Waals surface area contributed by atoms with Crippen molar-refractivity contribution in [3.05, 3.63) is 26.6 Å². The minimum atomic E-state index is -0.785. The quantitative estimate of drug-likeness (QED) is 0.889. The number of aromatic hydroxyl groups is 1. The molecule has 1 aromatic carbocycles. The zero-order valence-corrected chi connectivity index (χ0v) is 10.8. The van der Waals surface area contributed by atoms with Gasteiger partial charge in [-0.3, -0.25) is 0 Å². The van der Waals surface area contributed by atoms with Gasteiger partial charge in [-0.05, 0) is 49.6 Å². The van der Waals surface area contributed by atoms with Gasteiger partial charge in [-0.15, -0.1) is 0 Å². The summed E-state index contributed by atoms with van der Waals surface area (Å²) in [5.74, 6) is 0.148. The van der Waals surface area contributed by atoms with E-state index in [-0.39, 0.29) is 12.4 Å². The fourth-order valence-electron chi connectivity index (χ4n) is 1.03. The molecule has 0 aromatic heterocycles. The van der Waals surface area contributed by atoms with E-state index in [1.165, 1.54) is 0 Å². The number of nitrogens with two attached hydrogens (primary N) is 1. The number of phenolic OH excluding ortho intramolecular Hbond substituents is 1. The number of amides is 1. The normalized spacial score (nSPS) is 10.0. The molecule has 1 rings (SSSR count). The largest absolute Gasteiger partial charge is 0.506 e. The Morgan fingerprint density at radius 3 is 2.40 bits per heavy atom. The van der Waals surface area contributed by atoms with Crippen molar-refractivity contribution in [1.29, 1.82) is 0 Å². The molecule has 3 N–H and O–H groups in total. The van der Waals surface area contributed by atoms with Crippen LogP contribution in [0.3, 0.4) is 0 Å². The predicted molar refractivity (Wildman–Crippen MR) is 62.7 cm³/mol. The average Bonchev–Trinajstić information content (AvgIpc) is 2.13. The molecule has 1 amide bonds. The van der Waals surface area contributed by atoms with E-state index in [0.717, 1.165) is 5.56 Å². The van der Waals surface area contributed by atoms with Crippen molar-refractivity contribution in [2.75, 3.05) is 6.61 Å². The van der Waals surface area contributed by atoms with Crippen LogP contribution >= 0.6 is 31.9 Å². The summed E-state index contributed by atoms with van der Waals surface area (Å²) in [6.45, 7) is 0.221. The van der Waals surface area contributed by atoms with Crippen LogP contribution in [0.25, 0.3) is 0 Å². The first-order chi connectivity index (χ1) is 7.00. The van der Waals surface area contributed by atoms with Crippen LogP contribution in [0.5, 0.6) is 5.75 Å². The van der Waals surface area contributed by atoms with E-state index < -0.39 is 6.09 Å². The van der Waals surface area contributed by atoms with Crippen LogP contribution in [-0.4, -0.2) is 17.8 Å². The third-order valence-electron chi connectivity index (χ3n) is 1.71. The maximum absolute atomic E-state index is 10.3. The summed E-state index contributed by atoms with van der Waals surface area (Å²) in [5.41, 5.74) is 5.74. The molecule has 0 fully saturated rings. The topological polar surface area (TPSA) is 72.6 Å². The highest BCUT2D eigenvalue weighted by Gasteiger charge is 2.06. The van der Waals surface area contributed by atoms with Crippen molar-refractivity contribution in [1.82, 2.24) is 0 Å². The lowest BCUT2D eigenvalue weighted by Crippen LogP contribution is -2.14. The molecule has 0 heterocycles. The van der Waals surface area contributed by atoms with Crippen molar-refractivity contribution in [2.24, 2.45) is 5.73 Å². The smallest absolute Gasteiger partial charge is 0.404 e. The number of benzene rings is 1. The summed E-state index contributed by atoms with van der Waals surface area (Å²) in [6.07, 6.45) is -0.243. The van der Waals surface area contributed by atoms with Gasteiger partial charge in [0.05, 0.1) is 15.6 Å². The van der Waals surface area contributed by atoms with E-state index in [9.17, 15) is 9.90 Å². The molecule has 0 saturated heterocycles. The predicted octanol–water partition coefficient (Wildman–Crippen LogP) is 2.56. The molecule has 0 saturated carbocycles. The number of halogens is 2. The zero-order chi connectivity index (χ0) is 11.4. The van der Waals surface area contributed by atoms with Crippen molar-refractivity contribution < 1.29 is 14.6 Å². The highest BCUT2D eigenvalue weighted by atomic mass is 79.9. The Labute approximate surface area is 104 Å². The summed E-state index contributed by atoms with van der Waals surface area (Å²) < 4.78 is 5.78. The van der Waals surface area contributed by atoms with Crippen LogP contribution in [0.15, 0.2) is 21.1 Å². The average molecular weight is 339 g/mol. The molecule has 0 spiro atoms. The number of primary amides is 1. The number of carbonyl (C=O) groups excluding carboxylic acids is 1. The molecular formula is C9H9Br2NO3. The monoisotopic (exact) mass is 337 g/mol. The molecule has 0 unspecified atom stereocenters. The molecule has 0 atom stereocenters. The number of hydrogen-bond acceptors (Lipinski definition) is 3. The van der Waals surface area contributed by atoms with Gasteiger partial charge in [-0.2, -0.15) is 0 Å². The van der Waals surface area contributed by atoms with Crippen molar-refractivity contribution >= 4 is 38.0 Å². The number of rotatable bonds is 3. The van der Waals surface area contributed by atoms with Gasteiger partial charge in [0.2, 0.25) is 0 Å². The van der Waals surface area contributed by atoms with E-state index in [2.05, 4.69) is 36.6 Å². The highest BCUT2D eigenvalue weighted by molar-refractivity contribution is 9.11. The Kier molecular flexibility index (Phi) is 4.41. The Bertz CT molecular complexity index is 359. The van der Waals surface area contributed by atoms with Crippen LogP contribution in [0.1, 0.15) is 5.56 Å². The fraction of sp³-hybridized carbons (Fsp3) is 0.222. The third kappa shape index (κ3) is 3.71. The number of phenols is 1. The van der Waals surface area contributed by atoms with Crippen LogP contribution in [-0.2, 0) is 11.2 Å². The molecule has 1 aromatic rings. The van der Waals surface area contributed by atoms with Gasteiger partial charge in [0.25, 0.3) is 0 Å². The zero-order valence-electron chi connectivity index (χ0n) is 7.67. The van der Waals surface area contributed by atoms with Crippen LogP contribution in [0, 0.1) is 0 Å². The SMILES string of the molecule is NC(=O)OCCc1cc(Br)c(O)c(Br)c1. The molecule has 15 heavy (non-hydrogen) atoms. The molecular weight excluding hydrogens is 330 g/mol. The Morgan fingerprint density at radius 1 is 1.40 bits per heavy atom. The summed E-state index contributed by atoms with van der Waals surface area (Å²) in [5, 5.41) is 9.45. The Morgan fingerprint density at radius 2 is 1.93 bits per heavy atom. The van der Waals surface area contributed by atoms with E-state index in [1.807, 2.05) is 0 Å². The molecule has 0 aliphatic heterocycles. The second kappa shape index (κ2) is 5.37. The van der Waals surface area contributed by atoms with E-state index in [0.29, 0.717) is 15.4 Å². The standard InChI is InChI=1S/C9H9Br2NO3/c10-6-3-5(1-2-15-9(12)14)4-7(11)8(6)13/h3-4,13H,1-2H2,(H2,12,14). The highest BCUT2D eigenvalue weighted by Crippen LogP contribution is 2.33. The first-order valence-electron chi connectivity index (χ1n) is 4.10. The Balaban J connectivity index is 2.66. The van der Waals surface area contributed by atoms with Gasteiger partial charge < -0.3 is 15.6 Å². The molecule has 0 radical (unpaired) electrons. The Hall–Kier alpha value is -0.750. The molecule has 82 valence electrons. The number of carbonyl (C=O) groups is 1. The van der Waals surface area contributed by atoms with E-state index in [1.54, 1.807) is 12.1 Å². The summed E-state index contributed by atoms with van der Waals surface area (Å²) in [4.78, 5) is 10.3.